The molecular weight excluding hydrogens is 436 g/mol. The first-order valence-electron chi connectivity index (χ1n) is 9.33. The molecule has 31 heavy (non-hydrogen) atoms. The Hall–Kier alpha value is -2.56. The minimum Gasteiger partial charge on any atom is -0.349 e. The highest BCUT2D eigenvalue weighted by Gasteiger charge is 2.46. The van der Waals surface area contributed by atoms with Crippen molar-refractivity contribution in [1.82, 2.24) is 15.5 Å². The molecule has 6 nitrogen and oxygen atoms in total. The molecular formula is C20H24F4N4O2S. The highest BCUT2D eigenvalue weighted by Crippen LogP contribution is 2.54. The summed E-state index contributed by atoms with van der Waals surface area (Å²) in [4.78, 5) is 29.0. The number of nitrogens with zero attached hydrogens (tertiary/aromatic N) is 2. The summed E-state index contributed by atoms with van der Waals surface area (Å²) in [5, 5.41) is 5.56. The summed E-state index contributed by atoms with van der Waals surface area (Å²) < 4.78 is 52.1. The maximum atomic E-state index is 14.3. The van der Waals surface area contributed by atoms with Crippen molar-refractivity contribution < 1.29 is 27.2 Å². The molecule has 1 aromatic rings. The topological polar surface area (TPSA) is 73.8 Å². The zero-order valence-electron chi connectivity index (χ0n) is 17.5. The van der Waals surface area contributed by atoms with Gasteiger partial charge in [-0.1, -0.05) is 13.0 Å². The van der Waals surface area contributed by atoms with Crippen LogP contribution in [-0.4, -0.2) is 49.7 Å². The van der Waals surface area contributed by atoms with Gasteiger partial charge < -0.3 is 15.5 Å². The molecule has 0 aliphatic heterocycles. The van der Waals surface area contributed by atoms with Crippen LogP contribution < -0.4 is 10.6 Å². The van der Waals surface area contributed by atoms with Crippen molar-refractivity contribution in [3.8, 4) is 0 Å². The maximum Gasteiger partial charge on any atom is 0.446 e. The van der Waals surface area contributed by atoms with Crippen molar-refractivity contribution in [2.75, 3.05) is 21.1 Å². The number of aliphatic imine (C=N–C) groups is 1. The second kappa shape index (κ2) is 9.71. The standard InChI is InChI=1S/C20H24F4N4O2S/c1-19(8-9-19)16(12-5-6-15(13(21)11-12)31-20(22,23)24)27-17(30)14(7-10-29)26-18(25-2)28(3)4/h5-7,10-11,16H,8-9H2,1-4H3,(H,25,26)(H,27,30)/b14-7-. The SMILES string of the molecule is CN=C(N/C(=C\C=O)C(=O)NC(c1ccc(SC(F)(F)F)c(F)c1)C1(C)CC1)N(C)C. The van der Waals surface area contributed by atoms with Gasteiger partial charge in [-0.15, -0.1) is 0 Å². The van der Waals surface area contributed by atoms with Gasteiger partial charge >= 0.3 is 5.51 Å². The summed E-state index contributed by atoms with van der Waals surface area (Å²) in [5.41, 5.74) is -4.71. The van der Waals surface area contributed by atoms with E-state index in [1.165, 1.54) is 13.1 Å². The first-order valence-corrected chi connectivity index (χ1v) is 10.1. The fourth-order valence-corrected chi connectivity index (χ4v) is 3.53. The molecule has 11 heteroatoms. The van der Waals surface area contributed by atoms with E-state index in [-0.39, 0.29) is 11.1 Å². The predicted molar refractivity (Wildman–Crippen MR) is 111 cm³/mol. The normalized spacial score (nSPS) is 17.0. The number of rotatable bonds is 7. The summed E-state index contributed by atoms with van der Waals surface area (Å²) in [6.07, 6.45) is 2.98. The molecule has 1 fully saturated rings. The van der Waals surface area contributed by atoms with Crippen LogP contribution in [0.15, 0.2) is 39.9 Å². The van der Waals surface area contributed by atoms with Crippen molar-refractivity contribution in [1.29, 1.82) is 0 Å². The third-order valence-electron chi connectivity index (χ3n) is 4.89. The molecule has 170 valence electrons. The summed E-state index contributed by atoms with van der Waals surface area (Å²) >= 11 is -0.530. The Bertz CT molecular complexity index is 896. The van der Waals surface area contributed by atoms with Gasteiger partial charge in [0, 0.05) is 27.2 Å². The number of hydrogen-bond acceptors (Lipinski definition) is 4. The minimum atomic E-state index is -4.61. The molecule has 0 bridgehead atoms. The Morgan fingerprint density at radius 2 is 1.97 bits per heavy atom. The zero-order chi connectivity index (χ0) is 23.4. The molecule has 2 N–H and O–H groups in total. The van der Waals surface area contributed by atoms with E-state index < -0.39 is 39.9 Å². The summed E-state index contributed by atoms with van der Waals surface area (Å²) in [6.45, 7) is 1.89. The number of benzene rings is 1. The molecule has 1 saturated carbocycles. The van der Waals surface area contributed by atoms with E-state index in [0.29, 0.717) is 17.8 Å². The van der Waals surface area contributed by atoms with Crippen LogP contribution in [0.4, 0.5) is 17.6 Å². The van der Waals surface area contributed by atoms with Crippen molar-refractivity contribution in [3.05, 3.63) is 41.4 Å². The Kier molecular flexibility index (Phi) is 7.74. The average Bonchev–Trinajstić information content (AvgIpc) is 3.41. The second-order valence-corrected chi connectivity index (χ2v) is 8.69. The van der Waals surface area contributed by atoms with Gasteiger partial charge in [0.1, 0.15) is 17.8 Å². The second-order valence-electron chi connectivity index (χ2n) is 7.58. The van der Waals surface area contributed by atoms with Gasteiger partial charge in [-0.25, -0.2) is 4.39 Å². The number of thioether (sulfide) groups is 1. The van der Waals surface area contributed by atoms with Gasteiger partial charge in [0.15, 0.2) is 5.96 Å². The number of aldehydes is 1. The van der Waals surface area contributed by atoms with E-state index in [1.54, 1.807) is 19.0 Å². The number of guanidine groups is 1. The molecule has 1 unspecified atom stereocenters. The van der Waals surface area contributed by atoms with Gasteiger partial charge in [0.2, 0.25) is 0 Å². The van der Waals surface area contributed by atoms with Crippen LogP contribution in [0.5, 0.6) is 0 Å². The van der Waals surface area contributed by atoms with Crippen LogP contribution in [0.2, 0.25) is 0 Å². The van der Waals surface area contributed by atoms with E-state index in [2.05, 4.69) is 15.6 Å². The highest BCUT2D eigenvalue weighted by atomic mass is 32.2. The molecule has 0 spiro atoms. The van der Waals surface area contributed by atoms with Crippen molar-refractivity contribution in [3.63, 3.8) is 0 Å². The molecule has 2 rings (SSSR count). The van der Waals surface area contributed by atoms with E-state index in [9.17, 15) is 27.2 Å². The van der Waals surface area contributed by atoms with E-state index in [1.807, 2.05) is 6.92 Å². The monoisotopic (exact) mass is 460 g/mol. The molecule has 0 radical (unpaired) electrons. The fraction of sp³-hybridized carbons (Fsp3) is 0.450. The summed E-state index contributed by atoms with van der Waals surface area (Å²) in [7, 11) is 4.91. The highest BCUT2D eigenvalue weighted by molar-refractivity contribution is 8.00. The Balaban J connectivity index is 2.29. The van der Waals surface area contributed by atoms with Crippen molar-refractivity contribution >= 4 is 29.9 Å². The Morgan fingerprint density at radius 1 is 1.32 bits per heavy atom. The molecule has 0 aromatic heterocycles. The lowest BCUT2D eigenvalue weighted by atomic mass is 9.91. The molecule has 1 aliphatic rings. The van der Waals surface area contributed by atoms with Crippen LogP contribution >= 0.6 is 11.8 Å². The summed E-state index contributed by atoms with van der Waals surface area (Å²) in [5.74, 6) is -1.31. The van der Waals surface area contributed by atoms with Gasteiger partial charge in [-0.2, -0.15) is 13.2 Å². The van der Waals surface area contributed by atoms with Crippen LogP contribution in [0.1, 0.15) is 31.4 Å². The molecule has 0 saturated heterocycles. The number of nitrogens with one attached hydrogen (secondary N) is 2. The smallest absolute Gasteiger partial charge is 0.349 e. The average molecular weight is 460 g/mol. The lowest BCUT2D eigenvalue weighted by molar-refractivity contribution is -0.119. The van der Waals surface area contributed by atoms with Crippen molar-refractivity contribution in [2.24, 2.45) is 10.4 Å². The van der Waals surface area contributed by atoms with Gasteiger partial charge in [0.05, 0.1) is 10.9 Å². The van der Waals surface area contributed by atoms with Crippen molar-refractivity contribution in [2.45, 2.75) is 36.2 Å². The number of carbonyl (C=O) groups excluding carboxylic acids is 2. The van der Waals surface area contributed by atoms with E-state index in [4.69, 9.17) is 0 Å². The molecule has 1 atom stereocenters. The van der Waals surface area contributed by atoms with Gasteiger partial charge in [-0.3, -0.25) is 14.6 Å². The minimum absolute atomic E-state index is 0.0664. The maximum absolute atomic E-state index is 14.3. The first kappa shape index (κ1) is 24.7. The number of halogens is 4. The first-order chi connectivity index (χ1) is 14.4. The van der Waals surface area contributed by atoms with Gasteiger partial charge in [0.25, 0.3) is 5.91 Å². The van der Waals surface area contributed by atoms with Crippen LogP contribution in [0.25, 0.3) is 0 Å². The Labute approximate surface area is 182 Å². The lowest BCUT2D eigenvalue weighted by Gasteiger charge is -2.27. The number of carbonyl (C=O) groups is 2. The van der Waals surface area contributed by atoms with E-state index in [0.717, 1.165) is 31.1 Å². The number of allylic oxidation sites excluding steroid dienone is 1. The Morgan fingerprint density at radius 3 is 2.42 bits per heavy atom. The largest absolute Gasteiger partial charge is 0.446 e. The third kappa shape index (κ3) is 6.71. The quantitative estimate of drug-likeness (QED) is 0.162. The fourth-order valence-electron chi connectivity index (χ4n) is 2.99. The third-order valence-corrected chi connectivity index (χ3v) is 5.67. The number of alkyl halides is 3. The van der Waals surface area contributed by atoms with Gasteiger partial charge in [-0.05, 0) is 47.7 Å². The molecule has 1 amide bonds. The zero-order valence-corrected chi connectivity index (χ0v) is 18.3. The molecule has 0 heterocycles. The van der Waals surface area contributed by atoms with Crippen LogP contribution in [0.3, 0.4) is 0 Å². The number of hydrogen-bond donors (Lipinski definition) is 2. The molecule has 1 aliphatic carbocycles. The van der Waals surface area contributed by atoms with E-state index >= 15 is 0 Å². The van der Waals surface area contributed by atoms with Crippen LogP contribution in [0, 0.1) is 11.2 Å². The molecule has 1 aromatic carbocycles. The van der Waals surface area contributed by atoms with Crippen LogP contribution in [-0.2, 0) is 9.59 Å². The number of amides is 1. The predicted octanol–water partition coefficient (Wildman–Crippen LogP) is 3.61. The lowest BCUT2D eigenvalue weighted by Crippen LogP contribution is -2.43. The summed E-state index contributed by atoms with van der Waals surface area (Å²) in [6, 6.07) is 2.79.